The molecule has 1 N–H and O–H groups in total. The van der Waals surface area contributed by atoms with Crippen LogP contribution in [0.25, 0.3) is 10.2 Å². The van der Waals surface area contributed by atoms with Crippen LogP contribution in [0.5, 0.6) is 0 Å². The average Bonchev–Trinajstić information content (AvgIpc) is 2.59. The van der Waals surface area contributed by atoms with Gasteiger partial charge in [0.15, 0.2) is 5.13 Å². The van der Waals surface area contributed by atoms with E-state index in [1.165, 1.54) is 7.11 Å². The summed E-state index contributed by atoms with van der Waals surface area (Å²) in [6.07, 6.45) is 0. The Morgan fingerprint density at radius 3 is 3.00 bits per heavy atom. The van der Waals surface area contributed by atoms with Crippen LogP contribution >= 0.6 is 23.6 Å². The first-order valence-electron chi connectivity index (χ1n) is 4.00. The van der Waals surface area contributed by atoms with E-state index in [4.69, 9.17) is 17.0 Å². The zero-order valence-corrected chi connectivity index (χ0v) is 9.11. The minimum atomic E-state index is 0.337. The van der Waals surface area contributed by atoms with Gasteiger partial charge in [-0.1, -0.05) is 23.5 Å². The number of fused-ring (bicyclic) bond motifs is 1. The number of thiazole rings is 1. The second-order valence-corrected chi connectivity index (χ2v) is 4.00. The third-order valence-corrected chi connectivity index (χ3v) is 2.91. The van der Waals surface area contributed by atoms with Crippen molar-refractivity contribution in [1.29, 1.82) is 0 Å². The zero-order chi connectivity index (χ0) is 9.97. The molecule has 0 spiro atoms. The van der Waals surface area contributed by atoms with Crippen molar-refractivity contribution in [1.82, 2.24) is 4.98 Å². The largest absolute Gasteiger partial charge is 0.474 e. The molecular formula is C9H8N2OS2. The van der Waals surface area contributed by atoms with Gasteiger partial charge in [0.1, 0.15) is 0 Å². The number of ether oxygens (including phenoxy) is 1. The highest BCUT2D eigenvalue weighted by Gasteiger charge is 2.03. The Morgan fingerprint density at radius 2 is 2.29 bits per heavy atom. The molecule has 1 aromatic heterocycles. The molecule has 0 aliphatic heterocycles. The Hall–Kier alpha value is -1.20. The average molecular weight is 224 g/mol. The molecule has 0 atom stereocenters. The molecule has 0 saturated carbocycles. The lowest BCUT2D eigenvalue weighted by Crippen LogP contribution is -2.09. The highest BCUT2D eigenvalue weighted by atomic mass is 32.1. The maximum atomic E-state index is 4.88. The quantitative estimate of drug-likeness (QED) is 0.755. The van der Waals surface area contributed by atoms with Gasteiger partial charge in [0.25, 0.3) is 5.17 Å². The van der Waals surface area contributed by atoms with Crippen LogP contribution in [0.4, 0.5) is 5.13 Å². The Balaban J connectivity index is 2.31. The van der Waals surface area contributed by atoms with Gasteiger partial charge in [-0.3, -0.25) is 5.32 Å². The van der Waals surface area contributed by atoms with E-state index < -0.39 is 0 Å². The van der Waals surface area contributed by atoms with Crippen molar-refractivity contribution in [3.63, 3.8) is 0 Å². The molecule has 5 heteroatoms. The number of nitrogens with one attached hydrogen (secondary N) is 1. The fraction of sp³-hybridized carbons (Fsp3) is 0.111. The fourth-order valence-corrected chi connectivity index (χ4v) is 2.09. The molecule has 0 saturated heterocycles. The van der Waals surface area contributed by atoms with Crippen molar-refractivity contribution < 1.29 is 4.74 Å². The van der Waals surface area contributed by atoms with Gasteiger partial charge in [0.2, 0.25) is 0 Å². The van der Waals surface area contributed by atoms with Crippen LogP contribution in [-0.4, -0.2) is 17.3 Å². The minimum absolute atomic E-state index is 0.337. The summed E-state index contributed by atoms with van der Waals surface area (Å²) in [5, 5.41) is 4.00. The number of hydrogen-bond donors (Lipinski definition) is 1. The first-order valence-corrected chi connectivity index (χ1v) is 5.22. The molecule has 0 amide bonds. The maximum absolute atomic E-state index is 4.88. The summed E-state index contributed by atoms with van der Waals surface area (Å²) in [5.41, 5.74) is 0.971. The Labute approximate surface area is 90.7 Å². The summed E-state index contributed by atoms with van der Waals surface area (Å²) < 4.78 is 5.97. The van der Waals surface area contributed by atoms with Crippen LogP contribution in [0.2, 0.25) is 0 Å². The molecule has 0 aliphatic rings. The Bertz CT molecular complexity index is 434. The van der Waals surface area contributed by atoms with Crippen molar-refractivity contribution in [2.75, 3.05) is 12.4 Å². The van der Waals surface area contributed by atoms with Crippen LogP contribution in [0.3, 0.4) is 0 Å². The topological polar surface area (TPSA) is 34.1 Å². The van der Waals surface area contributed by atoms with E-state index in [0.29, 0.717) is 5.17 Å². The van der Waals surface area contributed by atoms with Crippen molar-refractivity contribution in [3.05, 3.63) is 24.3 Å². The van der Waals surface area contributed by atoms with E-state index in [-0.39, 0.29) is 0 Å². The Morgan fingerprint density at radius 1 is 1.50 bits per heavy atom. The third kappa shape index (κ3) is 1.83. The molecular weight excluding hydrogens is 216 g/mol. The van der Waals surface area contributed by atoms with Crippen LogP contribution in [0, 0.1) is 0 Å². The number of thiocarbonyl (C=S) groups is 1. The lowest BCUT2D eigenvalue weighted by molar-refractivity contribution is 0.413. The van der Waals surface area contributed by atoms with E-state index in [0.717, 1.165) is 15.3 Å². The van der Waals surface area contributed by atoms with Gasteiger partial charge in [-0.2, -0.15) is 0 Å². The molecule has 14 heavy (non-hydrogen) atoms. The molecule has 0 aliphatic carbocycles. The van der Waals surface area contributed by atoms with Crippen molar-refractivity contribution in [2.24, 2.45) is 0 Å². The number of benzene rings is 1. The van der Waals surface area contributed by atoms with Gasteiger partial charge < -0.3 is 4.74 Å². The summed E-state index contributed by atoms with van der Waals surface area (Å²) in [4.78, 5) is 4.34. The van der Waals surface area contributed by atoms with Gasteiger partial charge in [0, 0.05) is 0 Å². The highest BCUT2D eigenvalue weighted by molar-refractivity contribution is 7.80. The summed E-state index contributed by atoms with van der Waals surface area (Å²) in [6.45, 7) is 0. The minimum Gasteiger partial charge on any atom is -0.474 e. The molecule has 1 heterocycles. The number of aromatic nitrogens is 1. The van der Waals surface area contributed by atoms with E-state index in [2.05, 4.69) is 10.3 Å². The molecule has 0 unspecified atom stereocenters. The predicted octanol–water partition coefficient (Wildman–Crippen LogP) is 2.64. The number of nitrogens with zero attached hydrogens (tertiary/aromatic N) is 1. The lowest BCUT2D eigenvalue weighted by atomic mass is 10.3. The lowest BCUT2D eigenvalue weighted by Gasteiger charge is -2.00. The van der Waals surface area contributed by atoms with Crippen LogP contribution in [0.15, 0.2) is 24.3 Å². The van der Waals surface area contributed by atoms with E-state index >= 15 is 0 Å². The number of rotatable bonds is 1. The Kier molecular flexibility index (Phi) is 2.60. The molecule has 3 nitrogen and oxygen atoms in total. The second-order valence-electron chi connectivity index (χ2n) is 2.60. The third-order valence-electron chi connectivity index (χ3n) is 1.69. The van der Waals surface area contributed by atoms with Crippen molar-refractivity contribution in [3.8, 4) is 0 Å². The van der Waals surface area contributed by atoms with Gasteiger partial charge in [-0.25, -0.2) is 4.98 Å². The van der Waals surface area contributed by atoms with E-state index in [9.17, 15) is 0 Å². The van der Waals surface area contributed by atoms with Gasteiger partial charge in [0.05, 0.1) is 17.3 Å². The van der Waals surface area contributed by atoms with Gasteiger partial charge in [-0.05, 0) is 24.4 Å². The van der Waals surface area contributed by atoms with Crippen molar-refractivity contribution in [2.45, 2.75) is 0 Å². The number of para-hydroxylation sites is 1. The molecule has 0 radical (unpaired) electrons. The molecule has 2 rings (SSSR count). The molecule has 2 aromatic rings. The number of anilines is 1. The van der Waals surface area contributed by atoms with Crippen LogP contribution in [-0.2, 0) is 4.74 Å². The predicted molar refractivity (Wildman–Crippen MR) is 62.8 cm³/mol. The van der Waals surface area contributed by atoms with Crippen LogP contribution in [0.1, 0.15) is 0 Å². The first kappa shape index (κ1) is 9.36. The van der Waals surface area contributed by atoms with Crippen molar-refractivity contribution >= 4 is 44.1 Å². The first-order chi connectivity index (χ1) is 6.79. The molecule has 0 bridgehead atoms. The van der Waals surface area contributed by atoms with Gasteiger partial charge in [-0.15, -0.1) is 0 Å². The van der Waals surface area contributed by atoms with Crippen LogP contribution < -0.4 is 5.32 Å². The number of methoxy groups -OCH3 is 1. The van der Waals surface area contributed by atoms with E-state index in [1.807, 2.05) is 24.3 Å². The van der Waals surface area contributed by atoms with E-state index in [1.54, 1.807) is 11.3 Å². The normalized spacial score (nSPS) is 10.1. The summed E-state index contributed by atoms with van der Waals surface area (Å²) in [7, 11) is 1.53. The number of hydrogen-bond acceptors (Lipinski definition) is 4. The molecule has 1 aromatic carbocycles. The fourth-order valence-electron chi connectivity index (χ4n) is 1.06. The standard InChI is InChI=1S/C9H8N2OS2/c1-12-9(13)11-8-10-6-4-2-3-5-7(6)14-8/h2-5H,1H3,(H,10,11,13). The SMILES string of the molecule is COC(=S)Nc1nc2ccccc2s1. The molecule has 72 valence electrons. The monoisotopic (exact) mass is 224 g/mol. The summed E-state index contributed by atoms with van der Waals surface area (Å²) in [6, 6.07) is 7.93. The van der Waals surface area contributed by atoms with Gasteiger partial charge >= 0.3 is 0 Å². The zero-order valence-electron chi connectivity index (χ0n) is 7.48. The summed E-state index contributed by atoms with van der Waals surface area (Å²) >= 11 is 6.43. The smallest absolute Gasteiger partial charge is 0.262 e. The summed E-state index contributed by atoms with van der Waals surface area (Å²) in [5.74, 6) is 0. The molecule has 0 fully saturated rings. The second kappa shape index (κ2) is 3.89. The highest BCUT2D eigenvalue weighted by Crippen LogP contribution is 2.25. The maximum Gasteiger partial charge on any atom is 0.262 e.